The average molecular weight is 352 g/mol. The van der Waals surface area contributed by atoms with Crippen LogP contribution in [0.2, 0.25) is 0 Å². The second kappa shape index (κ2) is 8.06. The van der Waals surface area contributed by atoms with Crippen LogP contribution in [0.5, 0.6) is 5.75 Å². The number of benzene rings is 2. The van der Waals surface area contributed by atoms with Crippen molar-refractivity contribution in [2.24, 2.45) is 0 Å². The third kappa shape index (κ3) is 4.13. The van der Waals surface area contributed by atoms with Crippen molar-refractivity contribution in [3.8, 4) is 5.75 Å². The van der Waals surface area contributed by atoms with Crippen molar-refractivity contribution in [1.82, 2.24) is 10.2 Å². The molecule has 1 aromatic heterocycles. The van der Waals surface area contributed by atoms with Gasteiger partial charge < -0.3 is 15.4 Å². The number of hydrogen-bond acceptors (Lipinski definition) is 5. The minimum atomic E-state index is -0.538. The fraction of sp³-hybridized carbons (Fsp3) is 0.105. The zero-order chi connectivity index (χ0) is 18.4. The first-order valence-electron chi connectivity index (χ1n) is 8.06. The van der Waals surface area contributed by atoms with Crippen LogP contribution in [0.15, 0.2) is 60.7 Å². The number of hydrogen-bond donors (Lipinski definition) is 2. The molecule has 0 bridgehead atoms. The van der Waals surface area contributed by atoms with Gasteiger partial charge in [0, 0.05) is 0 Å². The Morgan fingerprint density at radius 2 is 1.73 bits per heavy atom. The highest BCUT2D eigenvalue weighted by Gasteiger charge is 2.11. The van der Waals surface area contributed by atoms with Gasteiger partial charge in [0.25, 0.3) is 5.91 Å². The first-order chi connectivity index (χ1) is 12.7. The van der Waals surface area contributed by atoms with Crippen molar-refractivity contribution in [1.29, 1.82) is 0 Å². The molecule has 2 N–H and O–H groups in total. The van der Waals surface area contributed by atoms with Crippen molar-refractivity contribution in [2.75, 3.05) is 17.2 Å². The van der Waals surface area contributed by atoms with Crippen molar-refractivity contribution in [3.63, 3.8) is 0 Å². The van der Waals surface area contributed by atoms with Gasteiger partial charge in [-0.2, -0.15) is 0 Å². The molecule has 0 fully saturated rings. The zero-order valence-electron chi connectivity index (χ0n) is 14.1. The van der Waals surface area contributed by atoms with Crippen molar-refractivity contribution in [2.45, 2.75) is 6.92 Å². The van der Waals surface area contributed by atoms with Crippen molar-refractivity contribution >= 4 is 23.1 Å². The van der Waals surface area contributed by atoms with Crippen LogP contribution in [0, 0.1) is 5.82 Å². The van der Waals surface area contributed by atoms with E-state index in [1.165, 1.54) is 18.2 Å². The molecule has 0 saturated heterocycles. The molecular formula is C19H17FN4O2. The molecule has 0 saturated carbocycles. The Balaban J connectivity index is 1.71. The predicted molar refractivity (Wildman–Crippen MR) is 97.3 cm³/mol. The highest BCUT2D eigenvalue weighted by Crippen LogP contribution is 2.26. The van der Waals surface area contributed by atoms with E-state index in [0.29, 0.717) is 18.2 Å². The lowest BCUT2D eigenvalue weighted by Crippen LogP contribution is -2.15. The number of nitrogens with zero attached hydrogens (tertiary/aromatic N) is 2. The Morgan fingerprint density at radius 3 is 2.42 bits per heavy atom. The largest absolute Gasteiger partial charge is 0.492 e. The van der Waals surface area contributed by atoms with Gasteiger partial charge in [-0.05, 0) is 43.3 Å². The van der Waals surface area contributed by atoms with E-state index in [0.717, 1.165) is 5.69 Å². The second-order valence-corrected chi connectivity index (χ2v) is 5.29. The molecule has 2 aromatic carbocycles. The molecule has 3 aromatic rings. The summed E-state index contributed by atoms with van der Waals surface area (Å²) in [5.74, 6) is 0.0984. The molecular weight excluding hydrogens is 335 g/mol. The van der Waals surface area contributed by atoms with Gasteiger partial charge in [0.2, 0.25) is 0 Å². The maximum Gasteiger partial charge on any atom is 0.276 e. The van der Waals surface area contributed by atoms with Crippen LogP contribution in [0.1, 0.15) is 17.4 Å². The summed E-state index contributed by atoms with van der Waals surface area (Å²) in [4.78, 5) is 12.2. The Kier molecular flexibility index (Phi) is 5.38. The highest BCUT2D eigenvalue weighted by molar-refractivity contribution is 6.02. The number of anilines is 3. The van der Waals surface area contributed by atoms with Crippen LogP contribution in [0.4, 0.5) is 21.6 Å². The number of ether oxygens (including phenoxy) is 1. The number of halogens is 1. The first kappa shape index (κ1) is 17.3. The van der Waals surface area contributed by atoms with E-state index >= 15 is 0 Å². The molecule has 1 heterocycles. The van der Waals surface area contributed by atoms with Crippen LogP contribution in [0.25, 0.3) is 0 Å². The van der Waals surface area contributed by atoms with E-state index in [2.05, 4.69) is 20.8 Å². The van der Waals surface area contributed by atoms with Gasteiger partial charge in [0.1, 0.15) is 11.6 Å². The Morgan fingerprint density at radius 1 is 1.00 bits per heavy atom. The summed E-state index contributed by atoms with van der Waals surface area (Å²) >= 11 is 0. The number of carbonyl (C=O) groups is 1. The van der Waals surface area contributed by atoms with Crippen LogP contribution in [-0.4, -0.2) is 22.7 Å². The van der Waals surface area contributed by atoms with E-state index in [4.69, 9.17) is 4.74 Å². The molecule has 0 atom stereocenters. The number of amides is 1. The summed E-state index contributed by atoms with van der Waals surface area (Å²) in [6.07, 6.45) is 0. The van der Waals surface area contributed by atoms with Crippen LogP contribution < -0.4 is 15.4 Å². The molecule has 0 aliphatic carbocycles. The summed E-state index contributed by atoms with van der Waals surface area (Å²) in [7, 11) is 0. The summed E-state index contributed by atoms with van der Waals surface area (Å²) < 4.78 is 19.1. The van der Waals surface area contributed by atoms with Gasteiger partial charge in [-0.3, -0.25) is 4.79 Å². The smallest absolute Gasteiger partial charge is 0.276 e. The Bertz CT molecular complexity index is 900. The monoisotopic (exact) mass is 352 g/mol. The lowest BCUT2D eigenvalue weighted by atomic mass is 10.2. The number of aromatic nitrogens is 2. The molecule has 0 radical (unpaired) electrons. The quantitative estimate of drug-likeness (QED) is 0.701. The molecule has 0 aliphatic rings. The van der Waals surface area contributed by atoms with Gasteiger partial charge in [-0.1, -0.05) is 24.3 Å². The summed E-state index contributed by atoms with van der Waals surface area (Å²) in [6.45, 7) is 2.44. The van der Waals surface area contributed by atoms with E-state index in [1.54, 1.807) is 18.2 Å². The summed E-state index contributed by atoms with van der Waals surface area (Å²) in [6, 6.07) is 16.5. The molecule has 6 nitrogen and oxygen atoms in total. The van der Waals surface area contributed by atoms with Gasteiger partial charge in [-0.25, -0.2) is 4.39 Å². The average Bonchev–Trinajstić information content (AvgIpc) is 2.66. The molecule has 0 unspecified atom stereocenters. The predicted octanol–water partition coefficient (Wildman–Crippen LogP) is 4.01. The van der Waals surface area contributed by atoms with E-state index in [-0.39, 0.29) is 11.4 Å². The van der Waals surface area contributed by atoms with E-state index in [9.17, 15) is 9.18 Å². The SMILES string of the molecule is CCOc1ccccc1Nc1ccc(C(=O)Nc2ccccc2F)nn1. The van der Waals surface area contributed by atoms with Crippen LogP contribution in [-0.2, 0) is 0 Å². The topological polar surface area (TPSA) is 76.1 Å². The summed E-state index contributed by atoms with van der Waals surface area (Å²) in [5.41, 5.74) is 0.913. The molecule has 3 rings (SSSR count). The van der Waals surface area contributed by atoms with Crippen LogP contribution in [0.3, 0.4) is 0 Å². The lowest BCUT2D eigenvalue weighted by molar-refractivity contribution is 0.102. The second-order valence-electron chi connectivity index (χ2n) is 5.29. The molecule has 1 amide bonds. The van der Waals surface area contributed by atoms with Gasteiger partial charge >= 0.3 is 0 Å². The first-order valence-corrected chi connectivity index (χ1v) is 8.06. The van der Waals surface area contributed by atoms with Crippen molar-refractivity contribution in [3.05, 3.63) is 72.2 Å². The van der Waals surface area contributed by atoms with E-state index < -0.39 is 11.7 Å². The molecule has 0 spiro atoms. The minimum Gasteiger partial charge on any atom is -0.492 e. The zero-order valence-corrected chi connectivity index (χ0v) is 14.1. The standard InChI is InChI=1S/C19H17FN4O2/c1-2-26-17-10-6-5-9-15(17)21-18-12-11-16(23-24-18)19(25)22-14-8-4-3-7-13(14)20/h3-12H,2H2,1H3,(H,21,24)(H,22,25). The lowest BCUT2D eigenvalue weighted by Gasteiger charge is -2.11. The van der Waals surface area contributed by atoms with Gasteiger partial charge in [0.05, 0.1) is 18.0 Å². The highest BCUT2D eigenvalue weighted by atomic mass is 19.1. The fourth-order valence-corrected chi connectivity index (χ4v) is 2.26. The van der Waals surface area contributed by atoms with E-state index in [1.807, 2.05) is 31.2 Å². The number of carbonyl (C=O) groups excluding carboxylic acids is 1. The third-order valence-electron chi connectivity index (χ3n) is 3.47. The molecule has 7 heteroatoms. The van der Waals surface area contributed by atoms with Crippen LogP contribution >= 0.6 is 0 Å². The number of para-hydroxylation sites is 3. The molecule has 0 aliphatic heterocycles. The Labute approximate surface area is 150 Å². The Hall–Kier alpha value is -3.48. The van der Waals surface area contributed by atoms with Crippen molar-refractivity contribution < 1.29 is 13.9 Å². The third-order valence-corrected chi connectivity index (χ3v) is 3.47. The number of nitrogens with one attached hydrogen (secondary N) is 2. The summed E-state index contributed by atoms with van der Waals surface area (Å²) in [5, 5.41) is 13.4. The van der Waals surface area contributed by atoms with Gasteiger partial charge in [-0.15, -0.1) is 10.2 Å². The minimum absolute atomic E-state index is 0.0805. The molecule has 26 heavy (non-hydrogen) atoms. The maximum atomic E-state index is 13.6. The maximum absolute atomic E-state index is 13.6. The normalized spacial score (nSPS) is 10.2. The number of rotatable bonds is 6. The fourth-order valence-electron chi connectivity index (χ4n) is 2.26. The molecule has 132 valence electrons. The van der Waals surface area contributed by atoms with Gasteiger partial charge in [0.15, 0.2) is 11.5 Å².